The van der Waals surface area contributed by atoms with E-state index >= 15 is 0 Å². The number of rotatable bonds is 3. The van der Waals surface area contributed by atoms with Crippen LogP contribution in [0.4, 0.5) is 0 Å². The Morgan fingerprint density at radius 1 is 1.15 bits per heavy atom. The van der Waals surface area contributed by atoms with Crippen molar-refractivity contribution in [2.75, 3.05) is 6.54 Å². The van der Waals surface area contributed by atoms with Gasteiger partial charge < -0.3 is 10.0 Å². The van der Waals surface area contributed by atoms with Crippen LogP contribution < -0.4 is 0 Å². The van der Waals surface area contributed by atoms with E-state index in [4.69, 9.17) is 0 Å². The van der Waals surface area contributed by atoms with Crippen molar-refractivity contribution in [2.45, 2.75) is 88.6 Å². The minimum Gasteiger partial charge on any atom is -0.383 e. The summed E-state index contributed by atoms with van der Waals surface area (Å²) in [6, 6.07) is 7.00. The van der Waals surface area contributed by atoms with Crippen LogP contribution in [0, 0.1) is 0 Å². The Kier molecular flexibility index (Phi) is 4.78. The molecular weight excluding hydrogens is 326 g/mol. The summed E-state index contributed by atoms with van der Waals surface area (Å²) in [5.74, 6) is 0.268. The molecule has 0 spiro atoms. The molecule has 0 aliphatic carbocycles. The summed E-state index contributed by atoms with van der Waals surface area (Å²) in [7, 11) is 0. The SMILES string of the molecule is C[C@H]1CCC[C@H](C)N1C(=O)CN1[C@@H]2CC[C@@H]1CC(O)(c1ccccn1)C2. The molecule has 1 N–H and O–H groups in total. The van der Waals surface area contributed by atoms with Gasteiger partial charge in [-0.15, -0.1) is 0 Å². The van der Waals surface area contributed by atoms with E-state index in [1.54, 1.807) is 6.20 Å². The molecule has 4 atom stereocenters. The molecule has 3 fully saturated rings. The Morgan fingerprint density at radius 2 is 1.81 bits per heavy atom. The molecule has 142 valence electrons. The van der Waals surface area contributed by atoms with Crippen molar-refractivity contribution >= 4 is 5.91 Å². The molecule has 1 aromatic heterocycles. The number of carbonyl (C=O) groups excluding carboxylic acids is 1. The van der Waals surface area contributed by atoms with Crippen molar-refractivity contribution < 1.29 is 9.90 Å². The van der Waals surface area contributed by atoms with Gasteiger partial charge >= 0.3 is 0 Å². The maximum absolute atomic E-state index is 13.0. The number of hydrogen-bond donors (Lipinski definition) is 1. The fraction of sp³-hybridized carbons (Fsp3) is 0.714. The van der Waals surface area contributed by atoms with Gasteiger partial charge in [-0.25, -0.2) is 0 Å². The third kappa shape index (κ3) is 3.16. The molecule has 1 amide bonds. The van der Waals surface area contributed by atoms with Crippen LogP contribution in [0.3, 0.4) is 0 Å². The smallest absolute Gasteiger partial charge is 0.237 e. The number of likely N-dealkylation sites (tertiary alicyclic amines) is 1. The summed E-state index contributed by atoms with van der Waals surface area (Å²) in [6.07, 6.45) is 8.70. The molecule has 26 heavy (non-hydrogen) atoms. The van der Waals surface area contributed by atoms with Gasteiger partial charge in [-0.1, -0.05) is 6.07 Å². The van der Waals surface area contributed by atoms with E-state index in [9.17, 15) is 9.90 Å². The van der Waals surface area contributed by atoms with Gasteiger partial charge in [0.1, 0.15) is 5.60 Å². The van der Waals surface area contributed by atoms with Crippen LogP contribution in [0.15, 0.2) is 24.4 Å². The maximum atomic E-state index is 13.0. The van der Waals surface area contributed by atoms with E-state index in [-0.39, 0.29) is 18.0 Å². The molecule has 0 aromatic carbocycles. The lowest BCUT2D eigenvalue weighted by Crippen LogP contribution is -2.56. The highest BCUT2D eigenvalue weighted by Crippen LogP contribution is 2.45. The van der Waals surface area contributed by atoms with Crippen molar-refractivity contribution in [1.29, 1.82) is 0 Å². The van der Waals surface area contributed by atoms with Crippen LogP contribution in [-0.4, -0.2) is 56.5 Å². The van der Waals surface area contributed by atoms with E-state index in [0.29, 0.717) is 31.5 Å². The first-order valence-corrected chi connectivity index (χ1v) is 10.2. The Balaban J connectivity index is 1.46. The predicted octanol–water partition coefficient (Wildman–Crippen LogP) is 2.69. The number of aromatic nitrogens is 1. The normalized spacial score (nSPS) is 37.7. The largest absolute Gasteiger partial charge is 0.383 e. The summed E-state index contributed by atoms with van der Waals surface area (Å²) in [5.41, 5.74) is -0.0700. The van der Waals surface area contributed by atoms with E-state index in [0.717, 1.165) is 31.4 Å². The molecule has 3 aliphatic heterocycles. The maximum Gasteiger partial charge on any atom is 0.237 e. The van der Waals surface area contributed by atoms with Gasteiger partial charge in [0.05, 0.1) is 12.2 Å². The van der Waals surface area contributed by atoms with Crippen LogP contribution in [0.5, 0.6) is 0 Å². The topological polar surface area (TPSA) is 56.7 Å². The van der Waals surface area contributed by atoms with Crippen LogP contribution in [0.1, 0.15) is 64.5 Å². The minimum absolute atomic E-state index is 0.268. The molecule has 5 heteroatoms. The van der Waals surface area contributed by atoms with E-state index in [1.165, 1.54) is 6.42 Å². The summed E-state index contributed by atoms with van der Waals surface area (Å²) in [4.78, 5) is 21.9. The molecule has 1 aromatic rings. The average molecular weight is 357 g/mol. The zero-order valence-electron chi connectivity index (χ0n) is 16.0. The molecule has 4 rings (SSSR count). The quantitative estimate of drug-likeness (QED) is 0.904. The van der Waals surface area contributed by atoms with Gasteiger partial charge in [-0.3, -0.25) is 14.7 Å². The fourth-order valence-corrected chi connectivity index (χ4v) is 5.57. The Bertz CT molecular complexity index is 626. The molecule has 0 saturated carbocycles. The van der Waals surface area contributed by atoms with Crippen LogP contribution in [0.2, 0.25) is 0 Å². The lowest BCUT2D eigenvalue weighted by atomic mass is 9.83. The van der Waals surface area contributed by atoms with Gasteiger partial charge in [0.2, 0.25) is 5.91 Å². The second kappa shape index (κ2) is 6.93. The summed E-state index contributed by atoms with van der Waals surface area (Å²) in [5, 5.41) is 11.2. The number of hydrogen-bond acceptors (Lipinski definition) is 4. The number of pyridine rings is 1. The van der Waals surface area contributed by atoms with Crippen molar-refractivity contribution in [2.24, 2.45) is 0 Å². The summed E-state index contributed by atoms with van der Waals surface area (Å²) < 4.78 is 0. The van der Waals surface area contributed by atoms with Crippen molar-refractivity contribution in [3.05, 3.63) is 30.1 Å². The second-order valence-electron chi connectivity index (χ2n) is 8.64. The number of aliphatic hydroxyl groups is 1. The molecule has 4 heterocycles. The highest BCUT2D eigenvalue weighted by atomic mass is 16.3. The second-order valence-corrected chi connectivity index (χ2v) is 8.64. The Hall–Kier alpha value is -1.46. The van der Waals surface area contributed by atoms with Crippen LogP contribution in [-0.2, 0) is 10.4 Å². The Morgan fingerprint density at radius 3 is 2.38 bits per heavy atom. The third-order valence-electron chi connectivity index (χ3n) is 6.86. The molecule has 2 bridgehead atoms. The van der Waals surface area contributed by atoms with E-state index < -0.39 is 5.60 Å². The average Bonchev–Trinajstić information content (AvgIpc) is 2.86. The van der Waals surface area contributed by atoms with Gasteiger partial charge in [-0.2, -0.15) is 0 Å². The lowest BCUT2D eigenvalue weighted by Gasteiger charge is -2.45. The first kappa shape index (κ1) is 17.9. The standard InChI is InChI=1S/C21H31N3O2/c1-15-6-5-7-16(2)24(15)20(25)14-23-17-9-10-18(23)13-21(26,12-17)19-8-3-4-11-22-19/h3-4,8,11,15-18,26H,5-7,9-10,12-14H2,1-2H3/t15-,16-,17+,18+/m0/s1. The summed E-state index contributed by atoms with van der Waals surface area (Å²) in [6.45, 7) is 4.86. The first-order chi connectivity index (χ1) is 12.5. The molecule has 5 nitrogen and oxygen atoms in total. The first-order valence-electron chi connectivity index (χ1n) is 10.2. The van der Waals surface area contributed by atoms with Gasteiger partial charge in [-0.05, 0) is 70.9 Å². The minimum atomic E-state index is -0.849. The predicted molar refractivity (Wildman–Crippen MR) is 101 cm³/mol. The van der Waals surface area contributed by atoms with Crippen LogP contribution >= 0.6 is 0 Å². The molecule has 0 unspecified atom stereocenters. The number of fused-ring (bicyclic) bond motifs is 2. The monoisotopic (exact) mass is 357 g/mol. The van der Waals surface area contributed by atoms with Gasteiger partial charge in [0, 0.05) is 30.4 Å². The van der Waals surface area contributed by atoms with Crippen molar-refractivity contribution in [1.82, 2.24) is 14.8 Å². The number of piperidine rings is 2. The lowest BCUT2D eigenvalue weighted by molar-refractivity contribution is -0.142. The highest BCUT2D eigenvalue weighted by molar-refractivity contribution is 5.79. The van der Waals surface area contributed by atoms with Gasteiger partial charge in [0.25, 0.3) is 0 Å². The molecule has 0 radical (unpaired) electrons. The number of carbonyl (C=O) groups is 1. The van der Waals surface area contributed by atoms with E-state index in [1.807, 2.05) is 18.2 Å². The molecule has 3 aliphatic rings. The van der Waals surface area contributed by atoms with Crippen molar-refractivity contribution in [3.8, 4) is 0 Å². The molecule has 3 saturated heterocycles. The Labute approximate surface area is 156 Å². The third-order valence-corrected chi connectivity index (χ3v) is 6.86. The molecular formula is C21H31N3O2. The zero-order chi connectivity index (χ0) is 18.3. The summed E-state index contributed by atoms with van der Waals surface area (Å²) >= 11 is 0. The fourth-order valence-electron chi connectivity index (χ4n) is 5.57. The van der Waals surface area contributed by atoms with Crippen molar-refractivity contribution in [3.63, 3.8) is 0 Å². The van der Waals surface area contributed by atoms with Gasteiger partial charge in [0.15, 0.2) is 0 Å². The van der Waals surface area contributed by atoms with E-state index in [2.05, 4.69) is 28.6 Å². The number of nitrogens with zero attached hydrogens (tertiary/aromatic N) is 3. The highest BCUT2D eigenvalue weighted by Gasteiger charge is 2.49. The number of amides is 1. The van der Waals surface area contributed by atoms with Crippen LogP contribution in [0.25, 0.3) is 0 Å². The zero-order valence-corrected chi connectivity index (χ0v) is 16.0.